The molecule has 7 heteroatoms. The molecule has 1 aliphatic rings. The SMILES string of the molecule is O=C(O)C=CC(=O)O.c1ccc(CN2CCC(CCCc3noc4ccccc34)CC2)cc1. The molecule has 7 nitrogen and oxygen atoms in total. The van der Waals surface area contributed by atoms with Crippen LogP contribution < -0.4 is 0 Å². The highest BCUT2D eigenvalue weighted by Gasteiger charge is 2.19. The second-order valence-corrected chi connectivity index (χ2v) is 8.23. The number of carboxylic acid groups (broad SMARTS) is 2. The van der Waals surface area contributed by atoms with Gasteiger partial charge in [0.1, 0.15) is 0 Å². The molecule has 0 atom stereocenters. The fraction of sp³-hybridized carbons (Fsp3) is 0.346. The Morgan fingerprint density at radius 2 is 1.61 bits per heavy atom. The summed E-state index contributed by atoms with van der Waals surface area (Å²) in [7, 11) is 0. The third-order valence-corrected chi connectivity index (χ3v) is 5.80. The van der Waals surface area contributed by atoms with Crippen molar-refractivity contribution in [1.82, 2.24) is 10.1 Å². The third kappa shape index (κ3) is 8.20. The van der Waals surface area contributed by atoms with Crippen LogP contribution in [0, 0.1) is 5.92 Å². The summed E-state index contributed by atoms with van der Waals surface area (Å²) in [5.41, 5.74) is 3.46. The standard InChI is InChI=1S/C22H26N2O.C4H4O4/c1-2-7-19(8-3-1)17-24-15-13-18(14-16-24)9-6-11-21-20-10-4-5-12-22(20)25-23-21;5-3(6)1-2-4(7)8/h1-5,7-8,10,12,18H,6,9,11,13-17H2;1-2H,(H,5,6)(H,7,8). The molecule has 174 valence electrons. The molecule has 2 N–H and O–H groups in total. The first-order chi connectivity index (χ1) is 16.0. The first-order valence-electron chi connectivity index (χ1n) is 11.2. The van der Waals surface area contributed by atoms with Gasteiger partial charge in [-0.25, -0.2) is 9.59 Å². The Morgan fingerprint density at radius 1 is 0.970 bits per heavy atom. The quantitative estimate of drug-likeness (QED) is 0.476. The Hall–Kier alpha value is -3.45. The summed E-state index contributed by atoms with van der Waals surface area (Å²) in [5.74, 6) is -1.65. The monoisotopic (exact) mass is 450 g/mol. The summed E-state index contributed by atoms with van der Waals surface area (Å²) in [6, 6.07) is 19.0. The van der Waals surface area contributed by atoms with Crippen molar-refractivity contribution >= 4 is 22.9 Å². The van der Waals surface area contributed by atoms with Gasteiger partial charge in [0.2, 0.25) is 0 Å². The molecule has 1 fully saturated rings. The van der Waals surface area contributed by atoms with Crippen LogP contribution in [-0.2, 0) is 22.6 Å². The molecule has 0 amide bonds. The number of para-hydroxylation sites is 1. The predicted molar refractivity (Wildman–Crippen MR) is 126 cm³/mol. The zero-order chi connectivity index (χ0) is 23.5. The van der Waals surface area contributed by atoms with Crippen molar-refractivity contribution in [3.63, 3.8) is 0 Å². The molecule has 33 heavy (non-hydrogen) atoms. The number of hydrogen-bond acceptors (Lipinski definition) is 5. The summed E-state index contributed by atoms with van der Waals surface area (Å²) in [4.78, 5) is 21.7. The molecule has 2 aromatic carbocycles. The van der Waals surface area contributed by atoms with Crippen LogP contribution in [-0.4, -0.2) is 45.3 Å². The zero-order valence-electron chi connectivity index (χ0n) is 18.6. The van der Waals surface area contributed by atoms with Gasteiger partial charge in [-0.05, 0) is 68.8 Å². The van der Waals surface area contributed by atoms with Crippen LogP contribution in [0.2, 0.25) is 0 Å². The molecule has 1 saturated heterocycles. The summed E-state index contributed by atoms with van der Waals surface area (Å²) >= 11 is 0. The molecule has 0 bridgehead atoms. The lowest BCUT2D eigenvalue weighted by molar-refractivity contribution is -0.134. The minimum atomic E-state index is -1.26. The first kappa shape index (κ1) is 24.2. The number of rotatable bonds is 8. The number of hydrogen-bond donors (Lipinski definition) is 2. The van der Waals surface area contributed by atoms with Gasteiger partial charge in [0.15, 0.2) is 5.58 Å². The van der Waals surface area contributed by atoms with Crippen LogP contribution in [0.25, 0.3) is 11.0 Å². The number of aromatic nitrogens is 1. The van der Waals surface area contributed by atoms with E-state index in [0.717, 1.165) is 30.2 Å². The van der Waals surface area contributed by atoms with Crippen LogP contribution >= 0.6 is 0 Å². The minimum absolute atomic E-state index is 0.558. The Kier molecular flexibility index (Phi) is 9.20. The average Bonchev–Trinajstić information content (AvgIpc) is 3.23. The van der Waals surface area contributed by atoms with Crippen LogP contribution in [0.15, 0.2) is 71.3 Å². The first-order valence-corrected chi connectivity index (χ1v) is 11.2. The van der Waals surface area contributed by atoms with Gasteiger partial charge in [0.05, 0.1) is 5.69 Å². The number of piperidine rings is 1. The van der Waals surface area contributed by atoms with E-state index in [0.29, 0.717) is 12.2 Å². The van der Waals surface area contributed by atoms with Gasteiger partial charge >= 0.3 is 11.9 Å². The van der Waals surface area contributed by atoms with E-state index in [1.807, 2.05) is 12.1 Å². The molecule has 4 rings (SSSR count). The number of carboxylic acids is 2. The fourth-order valence-corrected chi connectivity index (χ4v) is 4.09. The Balaban J connectivity index is 0.000000331. The Bertz CT molecular complexity index is 1040. The average molecular weight is 451 g/mol. The van der Waals surface area contributed by atoms with Crippen molar-refractivity contribution in [3.8, 4) is 0 Å². The van der Waals surface area contributed by atoms with Gasteiger partial charge < -0.3 is 14.7 Å². The summed E-state index contributed by atoms with van der Waals surface area (Å²) in [5, 5.41) is 21.1. The van der Waals surface area contributed by atoms with E-state index in [1.54, 1.807) is 0 Å². The van der Waals surface area contributed by atoms with Gasteiger partial charge in [0.25, 0.3) is 0 Å². The Labute approximate surface area is 193 Å². The van der Waals surface area contributed by atoms with Gasteiger partial charge in [-0.15, -0.1) is 0 Å². The molecule has 0 aliphatic carbocycles. The van der Waals surface area contributed by atoms with Crippen LogP contribution in [0.3, 0.4) is 0 Å². The van der Waals surface area contributed by atoms with E-state index in [1.165, 1.54) is 49.7 Å². The predicted octanol–water partition coefficient (Wildman–Crippen LogP) is 4.77. The molecule has 0 radical (unpaired) electrons. The van der Waals surface area contributed by atoms with Crippen LogP contribution in [0.4, 0.5) is 0 Å². The van der Waals surface area contributed by atoms with Crippen molar-refractivity contribution in [2.24, 2.45) is 5.92 Å². The second kappa shape index (κ2) is 12.6. The summed E-state index contributed by atoms with van der Waals surface area (Å²) in [6.07, 6.45) is 7.31. The van der Waals surface area contributed by atoms with Crippen LogP contribution in [0.1, 0.15) is 36.9 Å². The summed E-state index contributed by atoms with van der Waals surface area (Å²) < 4.78 is 5.41. The number of nitrogens with zero attached hydrogens (tertiary/aromatic N) is 2. The molecule has 1 aliphatic heterocycles. The maximum atomic E-state index is 9.55. The molecular weight excluding hydrogens is 420 g/mol. The smallest absolute Gasteiger partial charge is 0.328 e. The van der Waals surface area contributed by atoms with Gasteiger partial charge in [-0.2, -0.15) is 0 Å². The number of carbonyl (C=O) groups is 2. The van der Waals surface area contributed by atoms with E-state index in [4.69, 9.17) is 14.7 Å². The topological polar surface area (TPSA) is 104 Å². The number of aryl methyl sites for hydroxylation is 1. The fourth-order valence-electron chi connectivity index (χ4n) is 4.09. The van der Waals surface area contributed by atoms with E-state index in [9.17, 15) is 9.59 Å². The largest absolute Gasteiger partial charge is 0.478 e. The molecule has 0 unspecified atom stereocenters. The van der Waals surface area contributed by atoms with Crippen molar-refractivity contribution < 1.29 is 24.3 Å². The van der Waals surface area contributed by atoms with Crippen molar-refractivity contribution in [2.45, 2.75) is 38.6 Å². The van der Waals surface area contributed by atoms with Crippen LogP contribution in [0.5, 0.6) is 0 Å². The van der Waals surface area contributed by atoms with E-state index >= 15 is 0 Å². The Morgan fingerprint density at radius 3 is 2.27 bits per heavy atom. The minimum Gasteiger partial charge on any atom is -0.478 e. The van der Waals surface area contributed by atoms with Gasteiger partial charge in [-0.3, -0.25) is 4.90 Å². The molecular formula is C26H30N2O5. The highest BCUT2D eigenvalue weighted by atomic mass is 16.5. The zero-order valence-corrected chi connectivity index (χ0v) is 18.6. The lowest BCUT2D eigenvalue weighted by Gasteiger charge is -2.32. The molecule has 3 aromatic rings. The molecule has 1 aromatic heterocycles. The van der Waals surface area contributed by atoms with Gasteiger partial charge in [0, 0.05) is 24.1 Å². The molecule has 2 heterocycles. The number of aliphatic carboxylic acids is 2. The number of benzene rings is 2. The maximum absolute atomic E-state index is 9.55. The van der Waals surface area contributed by atoms with E-state index < -0.39 is 11.9 Å². The number of fused-ring (bicyclic) bond motifs is 1. The number of likely N-dealkylation sites (tertiary alicyclic amines) is 1. The van der Waals surface area contributed by atoms with Crippen molar-refractivity contribution in [1.29, 1.82) is 0 Å². The lowest BCUT2D eigenvalue weighted by atomic mass is 9.91. The summed E-state index contributed by atoms with van der Waals surface area (Å²) in [6.45, 7) is 3.55. The van der Waals surface area contributed by atoms with Gasteiger partial charge in [-0.1, -0.05) is 47.6 Å². The normalized spacial score (nSPS) is 14.8. The van der Waals surface area contributed by atoms with Crippen molar-refractivity contribution in [3.05, 3.63) is 78.0 Å². The highest BCUT2D eigenvalue weighted by Crippen LogP contribution is 2.25. The lowest BCUT2D eigenvalue weighted by Crippen LogP contribution is -2.33. The van der Waals surface area contributed by atoms with E-state index in [-0.39, 0.29) is 0 Å². The van der Waals surface area contributed by atoms with Crippen molar-refractivity contribution in [2.75, 3.05) is 13.1 Å². The maximum Gasteiger partial charge on any atom is 0.328 e. The molecule has 0 spiro atoms. The third-order valence-electron chi connectivity index (χ3n) is 5.80. The molecule has 0 saturated carbocycles. The highest BCUT2D eigenvalue weighted by molar-refractivity contribution is 5.89. The van der Waals surface area contributed by atoms with E-state index in [2.05, 4.69) is 52.5 Å². The second-order valence-electron chi connectivity index (χ2n) is 8.23.